The Hall–Kier alpha value is -0.120. The zero-order valence-electron chi connectivity index (χ0n) is 11.8. The summed E-state index contributed by atoms with van der Waals surface area (Å²) >= 11 is 0. The molecule has 2 saturated carbocycles. The first kappa shape index (κ1) is 14.3. The van der Waals surface area contributed by atoms with Gasteiger partial charge in [-0.2, -0.15) is 0 Å². The zero-order valence-corrected chi connectivity index (χ0v) is 11.8. The molecule has 0 spiro atoms. The summed E-state index contributed by atoms with van der Waals surface area (Å²) in [6.07, 6.45) is 9.90. The smallest absolute Gasteiger partial charge is 0.0774 e. The number of likely N-dealkylation sites (N-methyl/N-ethyl adjacent to an activating group) is 1. The minimum atomic E-state index is -0.466. The standard InChI is InChI=1S/C15H29NO2/c1-16(11-13-7-3-4-8-14(13)17)12-15(18)9-5-2-6-10-15/h13-14,17-18H,2-12H2,1H3. The van der Waals surface area contributed by atoms with Gasteiger partial charge in [0.2, 0.25) is 0 Å². The van der Waals surface area contributed by atoms with Gasteiger partial charge < -0.3 is 15.1 Å². The maximum absolute atomic E-state index is 10.5. The molecule has 0 bridgehead atoms. The molecule has 2 unspecified atom stereocenters. The largest absolute Gasteiger partial charge is 0.393 e. The Morgan fingerprint density at radius 1 is 1.06 bits per heavy atom. The molecule has 2 aliphatic carbocycles. The first-order valence-electron chi connectivity index (χ1n) is 7.68. The van der Waals surface area contributed by atoms with E-state index >= 15 is 0 Å². The summed E-state index contributed by atoms with van der Waals surface area (Å²) in [6.45, 7) is 1.71. The summed E-state index contributed by atoms with van der Waals surface area (Å²) in [7, 11) is 2.09. The van der Waals surface area contributed by atoms with E-state index in [1.807, 2.05) is 0 Å². The highest BCUT2D eigenvalue weighted by Crippen LogP contribution is 2.30. The Labute approximate surface area is 111 Å². The monoisotopic (exact) mass is 255 g/mol. The van der Waals surface area contributed by atoms with Crippen molar-refractivity contribution in [1.82, 2.24) is 4.90 Å². The fourth-order valence-electron chi connectivity index (χ4n) is 3.74. The molecule has 3 nitrogen and oxygen atoms in total. The summed E-state index contributed by atoms with van der Waals surface area (Å²) in [4.78, 5) is 2.24. The van der Waals surface area contributed by atoms with Crippen molar-refractivity contribution in [3.05, 3.63) is 0 Å². The molecule has 106 valence electrons. The molecule has 2 fully saturated rings. The third kappa shape index (κ3) is 3.94. The van der Waals surface area contributed by atoms with Crippen LogP contribution in [0.15, 0.2) is 0 Å². The second kappa shape index (κ2) is 6.36. The van der Waals surface area contributed by atoms with Crippen LogP contribution in [0, 0.1) is 5.92 Å². The van der Waals surface area contributed by atoms with E-state index in [0.717, 1.165) is 51.6 Å². The van der Waals surface area contributed by atoms with Gasteiger partial charge in [0.1, 0.15) is 0 Å². The molecule has 2 aliphatic rings. The highest BCUT2D eigenvalue weighted by atomic mass is 16.3. The molecule has 0 aromatic heterocycles. The lowest BCUT2D eigenvalue weighted by molar-refractivity contribution is -0.0313. The minimum Gasteiger partial charge on any atom is -0.393 e. The summed E-state index contributed by atoms with van der Waals surface area (Å²) in [5.41, 5.74) is -0.466. The second-order valence-corrected chi connectivity index (χ2v) is 6.59. The van der Waals surface area contributed by atoms with E-state index in [4.69, 9.17) is 0 Å². The van der Waals surface area contributed by atoms with Crippen molar-refractivity contribution in [3.8, 4) is 0 Å². The van der Waals surface area contributed by atoms with Crippen LogP contribution in [0.5, 0.6) is 0 Å². The van der Waals surface area contributed by atoms with E-state index in [0.29, 0.717) is 5.92 Å². The van der Waals surface area contributed by atoms with Gasteiger partial charge in [0.25, 0.3) is 0 Å². The Balaban J connectivity index is 1.78. The molecule has 2 atom stereocenters. The predicted octanol–water partition coefficient (Wildman–Crippen LogP) is 2.16. The van der Waals surface area contributed by atoms with Crippen molar-refractivity contribution in [2.45, 2.75) is 69.5 Å². The normalized spacial score (nSPS) is 32.7. The van der Waals surface area contributed by atoms with E-state index < -0.39 is 5.60 Å². The number of hydrogen-bond acceptors (Lipinski definition) is 3. The van der Waals surface area contributed by atoms with Crippen LogP contribution in [0.4, 0.5) is 0 Å². The summed E-state index contributed by atoms with van der Waals surface area (Å²) in [5, 5.41) is 20.5. The van der Waals surface area contributed by atoms with Crippen molar-refractivity contribution < 1.29 is 10.2 Å². The van der Waals surface area contributed by atoms with Gasteiger partial charge in [0.15, 0.2) is 0 Å². The SMILES string of the molecule is CN(CC1CCCCC1O)CC1(O)CCCCC1. The van der Waals surface area contributed by atoms with E-state index in [9.17, 15) is 10.2 Å². The van der Waals surface area contributed by atoms with Crippen LogP contribution in [0.3, 0.4) is 0 Å². The molecule has 3 heteroatoms. The third-order valence-corrected chi connectivity index (χ3v) is 4.76. The molecule has 0 aliphatic heterocycles. The molecule has 0 saturated heterocycles. The van der Waals surface area contributed by atoms with Gasteiger partial charge in [-0.3, -0.25) is 0 Å². The van der Waals surface area contributed by atoms with Gasteiger partial charge in [-0.15, -0.1) is 0 Å². The highest BCUT2D eigenvalue weighted by Gasteiger charge is 2.32. The van der Waals surface area contributed by atoms with Gasteiger partial charge in [-0.25, -0.2) is 0 Å². The lowest BCUT2D eigenvalue weighted by Crippen LogP contribution is -2.45. The van der Waals surface area contributed by atoms with Gasteiger partial charge in [0.05, 0.1) is 11.7 Å². The van der Waals surface area contributed by atoms with Crippen LogP contribution < -0.4 is 0 Å². The van der Waals surface area contributed by atoms with Crippen molar-refractivity contribution in [2.24, 2.45) is 5.92 Å². The average Bonchev–Trinajstić information content (AvgIpc) is 2.32. The van der Waals surface area contributed by atoms with E-state index in [2.05, 4.69) is 11.9 Å². The first-order valence-corrected chi connectivity index (χ1v) is 7.68. The summed E-state index contributed by atoms with van der Waals surface area (Å²) < 4.78 is 0. The van der Waals surface area contributed by atoms with Gasteiger partial charge in [-0.05, 0) is 38.6 Å². The maximum Gasteiger partial charge on any atom is 0.0774 e. The fraction of sp³-hybridized carbons (Fsp3) is 1.00. The zero-order chi connectivity index (χ0) is 13.0. The Bertz CT molecular complexity index is 251. The Morgan fingerprint density at radius 3 is 2.39 bits per heavy atom. The first-order chi connectivity index (χ1) is 8.59. The highest BCUT2D eigenvalue weighted by molar-refractivity contribution is 4.86. The van der Waals surface area contributed by atoms with Crippen LogP contribution in [-0.4, -0.2) is 47.0 Å². The van der Waals surface area contributed by atoms with Gasteiger partial charge in [0, 0.05) is 13.1 Å². The van der Waals surface area contributed by atoms with E-state index in [1.54, 1.807) is 0 Å². The van der Waals surface area contributed by atoms with Crippen molar-refractivity contribution in [3.63, 3.8) is 0 Å². The summed E-state index contributed by atoms with van der Waals surface area (Å²) in [6, 6.07) is 0. The quantitative estimate of drug-likeness (QED) is 0.809. The van der Waals surface area contributed by atoms with Crippen molar-refractivity contribution in [1.29, 1.82) is 0 Å². The lowest BCUT2D eigenvalue weighted by atomic mass is 9.83. The molecule has 2 rings (SSSR count). The molecule has 0 aromatic rings. The van der Waals surface area contributed by atoms with E-state index in [1.165, 1.54) is 19.3 Å². The number of aliphatic hydroxyl groups is 2. The van der Waals surface area contributed by atoms with Crippen LogP contribution >= 0.6 is 0 Å². The van der Waals surface area contributed by atoms with Crippen molar-refractivity contribution >= 4 is 0 Å². The molecule has 0 aromatic carbocycles. The number of hydrogen-bond donors (Lipinski definition) is 2. The van der Waals surface area contributed by atoms with E-state index in [-0.39, 0.29) is 6.10 Å². The molecule has 2 N–H and O–H groups in total. The van der Waals surface area contributed by atoms with Crippen LogP contribution in [0.25, 0.3) is 0 Å². The van der Waals surface area contributed by atoms with Crippen LogP contribution in [-0.2, 0) is 0 Å². The lowest BCUT2D eigenvalue weighted by Gasteiger charge is -2.38. The molecular weight excluding hydrogens is 226 g/mol. The molecular formula is C15H29NO2. The molecule has 0 amide bonds. The number of nitrogens with zero attached hydrogens (tertiary/aromatic N) is 1. The van der Waals surface area contributed by atoms with Gasteiger partial charge in [-0.1, -0.05) is 32.1 Å². The minimum absolute atomic E-state index is 0.123. The number of aliphatic hydroxyl groups excluding tert-OH is 1. The molecule has 18 heavy (non-hydrogen) atoms. The number of rotatable bonds is 4. The topological polar surface area (TPSA) is 43.7 Å². The third-order valence-electron chi connectivity index (χ3n) is 4.76. The van der Waals surface area contributed by atoms with Gasteiger partial charge >= 0.3 is 0 Å². The predicted molar refractivity (Wildman–Crippen MR) is 73.5 cm³/mol. The molecule has 0 heterocycles. The van der Waals surface area contributed by atoms with Crippen LogP contribution in [0.1, 0.15) is 57.8 Å². The van der Waals surface area contributed by atoms with Crippen LogP contribution in [0.2, 0.25) is 0 Å². The maximum atomic E-state index is 10.5. The average molecular weight is 255 g/mol. The van der Waals surface area contributed by atoms with Crippen molar-refractivity contribution in [2.75, 3.05) is 20.1 Å². The summed E-state index contributed by atoms with van der Waals surface area (Å²) in [5.74, 6) is 0.413. The Kier molecular flexibility index (Phi) is 5.05. The second-order valence-electron chi connectivity index (χ2n) is 6.59. The Morgan fingerprint density at radius 2 is 1.72 bits per heavy atom. The fourth-order valence-corrected chi connectivity index (χ4v) is 3.74. The molecule has 0 radical (unpaired) electrons.